The largest absolute Gasteiger partial charge is 0.325 e. The number of nitrogens with zero attached hydrogens (tertiary/aromatic N) is 1. The number of rotatable bonds is 3. The van der Waals surface area contributed by atoms with Gasteiger partial charge >= 0.3 is 0 Å². The van der Waals surface area contributed by atoms with Crippen LogP contribution in [0.3, 0.4) is 0 Å². The standard InChI is InChI=1S/C20H22N2OS2/c1-20(2,3)15-8-10-16(11-9-15)21-18(23)13-25-19-22-17-7-5-4-6-14(17)12-24-19/h4-11H,12-13H2,1-3H3,(H,21,23). The molecule has 0 radical (unpaired) electrons. The van der Waals surface area contributed by atoms with Gasteiger partial charge in [0.2, 0.25) is 5.91 Å². The summed E-state index contributed by atoms with van der Waals surface area (Å²) in [6, 6.07) is 16.2. The maximum Gasteiger partial charge on any atom is 0.234 e. The maximum atomic E-state index is 12.2. The van der Waals surface area contributed by atoms with Crippen LogP contribution in [0.2, 0.25) is 0 Å². The van der Waals surface area contributed by atoms with Crippen molar-refractivity contribution in [3.8, 4) is 0 Å². The third kappa shape index (κ3) is 4.89. The zero-order chi connectivity index (χ0) is 17.9. The highest BCUT2D eigenvalue weighted by Gasteiger charge is 2.15. The lowest BCUT2D eigenvalue weighted by atomic mass is 9.87. The fraction of sp³-hybridized carbons (Fsp3) is 0.300. The van der Waals surface area contributed by atoms with Gasteiger partial charge in [0, 0.05) is 11.4 Å². The van der Waals surface area contributed by atoms with Gasteiger partial charge in [0.25, 0.3) is 0 Å². The van der Waals surface area contributed by atoms with Crippen molar-refractivity contribution < 1.29 is 4.79 Å². The number of hydrogen-bond acceptors (Lipinski definition) is 4. The van der Waals surface area contributed by atoms with Crippen molar-refractivity contribution in [3.05, 3.63) is 59.7 Å². The molecule has 0 bridgehead atoms. The summed E-state index contributed by atoms with van der Waals surface area (Å²) in [4.78, 5) is 16.8. The van der Waals surface area contributed by atoms with Crippen molar-refractivity contribution in [2.45, 2.75) is 31.9 Å². The van der Waals surface area contributed by atoms with Gasteiger partial charge in [0.05, 0.1) is 11.4 Å². The Hall–Kier alpha value is -1.72. The predicted molar refractivity (Wildman–Crippen MR) is 111 cm³/mol. The number of amides is 1. The number of carbonyl (C=O) groups excluding carboxylic acids is 1. The molecule has 3 nitrogen and oxygen atoms in total. The van der Waals surface area contributed by atoms with Gasteiger partial charge in [-0.15, -0.1) is 0 Å². The molecule has 1 aliphatic rings. The number of benzene rings is 2. The van der Waals surface area contributed by atoms with Crippen molar-refractivity contribution in [2.75, 3.05) is 11.1 Å². The van der Waals surface area contributed by atoms with Crippen LogP contribution in [0.1, 0.15) is 31.9 Å². The average molecular weight is 371 g/mol. The third-order valence-electron chi connectivity index (χ3n) is 3.92. The number of carbonyl (C=O) groups is 1. The van der Waals surface area contributed by atoms with Crippen molar-refractivity contribution in [2.24, 2.45) is 4.99 Å². The van der Waals surface area contributed by atoms with Gasteiger partial charge in [-0.2, -0.15) is 0 Å². The summed E-state index contributed by atoms with van der Waals surface area (Å²) in [5.41, 5.74) is 4.47. The van der Waals surface area contributed by atoms with Crippen molar-refractivity contribution >= 4 is 45.2 Å². The minimum absolute atomic E-state index is 0.00401. The van der Waals surface area contributed by atoms with Crippen LogP contribution in [0.4, 0.5) is 11.4 Å². The number of aliphatic imine (C=N–C) groups is 1. The zero-order valence-electron chi connectivity index (χ0n) is 14.7. The number of thioether (sulfide) groups is 2. The van der Waals surface area contributed by atoms with Crippen LogP contribution in [0, 0.1) is 0 Å². The van der Waals surface area contributed by atoms with Crippen LogP contribution in [0.15, 0.2) is 53.5 Å². The second-order valence-corrected chi connectivity index (χ2v) is 9.15. The molecule has 0 unspecified atom stereocenters. The molecule has 5 heteroatoms. The molecule has 0 aliphatic carbocycles. The van der Waals surface area contributed by atoms with E-state index in [2.05, 4.69) is 49.3 Å². The van der Waals surface area contributed by atoms with Gasteiger partial charge in [-0.05, 0) is 34.7 Å². The number of para-hydroxylation sites is 1. The van der Waals surface area contributed by atoms with E-state index in [9.17, 15) is 4.79 Å². The SMILES string of the molecule is CC(C)(C)c1ccc(NC(=O)CSC2=Nc3ccccc3CS2)cc1. The molecule has 0 saturated heterocycles. The summed E-state index contributed by atoms with van der Waals surface area (Å²) in [5, 5.41) is 2.96. The van der Waals surface area contributed by atoms with E-state index in [1.165, 1.54) is 22.9 Å². The van der Waals surface area contributed by atoms with Crippen LogP contribution in [0.5, 0.6) is 0 Å². The molecule has 130 valence electrons. The van der Waals surface area contributed by atoms with E-state index in [0.717, 1.165) is 21.5 Å². The monoisotopic (exact) mass is 370 g/mol. The lowest BCUT2D eigenvalue weighted by Crippen LogP contribution is -2.16. The molecular weight excluding hydrogens is 348 g/mol. The Bertz CT molecular complexity index is 792. The molecule has 0 spiro atoms. The summed E-state index contributed by atoms with van der Waals surface area (Å²) in [6.45, 7) is 6.54. The molecule has 2 aromatic rings. The highest BCUT2D eigenvalue weighted by atomic mass is 32.2. The first-order chi connectivity index (χ1) is 11.9. The summed E-state index contributed by atoms with van der Waals surface area (Å²) in [5.74, 6) is 1.28. The van der Waals surface area contributed by atoms with Crippen molar-refractivity contribution in [1.29, 1.82) is 0 Å². The third-order valence-corrected chi connectivity index (χ3v) is 6.16. The minimum Gasteiger partial charge on any atom is -0.325 e. The second kappa shape index (κ2) is 7.67. The molecule has 0 atom stereocenters. The average Bonchev–Trinajstić information content (AvgIpc) is 2.59. The van der Waals surface area contributed by atoms with Crippen molar-refractivity contribution in [1.82, 2.24) is 0 Å². The van der Waals surface area contributed by atoms with Gasteiger partial charge in [-0.25, -0.2) is 4.99 Å². The normalized spacial score (nSPS) is 13.8. The first kappa shape index (κ1) is 18.1. The molecule has 1 amide bonds. The predicted octanol–water partition coefficient (Wildman–Crippen LogP) is 5.59. The highest BCUT2D eigenvalue weighted by Crippen LogP contribution is 2.34. The Labute approximate surface area is 157 Å². The molecule has 1 heterocycles. The number of fused-ring (bicyclic) bond motifs is 1. The van der Waals surface area contributed by atoms with Crippen LogP contribution in [-0.2, 0) is 16.0 Å². The topological polar surface area (TPSA) is 41.5 Å². The second-order valence-electron chi connectivity index (χ2n) is 6.96. The lowest BCUT2D eigenvalue weighted by molar-refractivity contribution is -0.113. The quantitative estimate of drug-likeness (QED) is 0.765. The number of hydrogen-bond donors (Lipinski definition) is 1. The van der Waals surface area contributed by atoms with Gasteiger partial charge in [0.1, 0.15) is 4.38 Å². The van der Waals surface area contributed by atoms with E-state index in [0.29, 0.717) is 5.75 Å². The molecular formula is C20H22N2OS2. The van der Waals surface area contributed by atoms with E-state index in [1.54, 1.807) is 11.8 Å². The highest BCUT2D eigenvalue weighted by molar-refractivity contribution is 8.38. The summed E-state index contributed by atoms with van der Waals surface area (Å²) in [6.07, 6.45) is 0. The molecule has 0 saturated carbocycles. The van der Waals surface area contributed by atoms with Gasteiger partial charge in [-0.1, -0.05) is 74.6 Å². The molecule has 1 N–H and O–H groups in total. The zero-order valence-corrected chi connectivity index (χ0v) is 16.3. The summed E-state index contributed by atoms with van der Waals surface area (Å²) < 4.78 is 0.955. The van der Waals surface area contributed by atoms with Crippen LogP contribution in [0.25, 0.3) is 0 Å². The van der Waals surface area contributed by atoms with Gasteiger partial charge in [0.15, 0.2) is 0 Å². The molecule has 1 aliphatic heterocycles. The fourth-order valence-corrected chi connectivity index (χ4v) is 4.33. The molecule has 2 aromatic carbocycles. The van der Waals surface area contributed by atoms with E-state index in [4.69, 9.17) is 0 Å². The molecule has 25 heavy (non-hydrogen) atoms. The molecule has 0 aromatic heterocycles. The molecule has 3 rings (SSSR count). The number of nitrogens with one attached hydrogen (secondary N) is 1. The van der Waals surface area contributed by atoms with E-state index in [1.807, 2.05) is 30.3 Å². The lowest BCUT2D eigenvalue weighted by Gasteiger charge is -2.19. The number of anilines is 1. The minimum atomic E-state index is -0.00401. The fourth-order valence-electron chi connectivity index (χ4n) is 2.46. The van der Waals surface area contributed by atoms with Crippen molar-refractivity contribution in [3.63, 3.8) is 0 Å². The summed E-state index contributed by atoms with van der Waals surface area (Å²) >= 11 is 3.19. The molecule has 0 fully saturated rings. The van der Waals surface area contributed by atoms with E-state index < -0.39 is 0 Å². The summed E-state index contributed by atoms with van der Waals surface area (Å²) in [7, 11) is 0. The van der Waals surface area contributed by atoms with Gasteiger partial charge < -0.3 is 5.32 Å². The van der Waals surface area contributed by atoms with Crippen LogP contribution < -0.4 is 5.32 Å². The van der Waals surface area contributed by atoms with Gasteiger partial charge in [-0.3, -0.25) is 4.79 Å². The first-order valence-corrected chi connectivity index (χ1v) is 10.2. The van der Waals surface area contributed by atoms with Crippen LogP contribution >= 0.6 is 23.5 Å². The smallest absolute Gasteiger partial charge is 0.234 e. The first-order valence-electron chi connectivity index (χ1n) is 8.24. The maximum absolute atomic E-state index is 12.2. The Morgan fingerprint density at radius 1 is 1.16 bits per heavy atom. The van der Waals surface area contributed by atoms with Crippen LogP contribution in [-0.4, -0.2) is 16.0 Å². The Morgan fingerprint density at radius 2 is 1.88 bits per heavy atom. The Morgan fingerprint density at radius 3 is 2.60 bits per heavy atom. The Balaban J connectivity index is 1.54. The van der Waals surface area contributed by atoms with E-state index >= 15 is 0 Å². The Kier molecular flexibility index (Phi) is 5.54. The van der Waals surface area contributed by atoms with E-state index in [-0.39, 0.29) is 11.3 Å².